The smallest absolute Gasteiger partial charge is 0.119 e. The number of rotatable bonds is 10. The molecule has 0 aromatic heterocycles. The van der Waals surface area contributed by atoms with E-state index < -0.39 is 0 Å². The Kier molecular flexibility index (Phi) is 7.75. The summed E-state index contributed by atoms with van der Waals surface area (Å²) in [6.07, 6.45) is 3.36. The van der Waals surface area contributed by atoms with Crippen molar-refractivity contribution >= 4 is 0 Å². The second kappa shape index (κ2) is 10.1. The third kappa shape index (κ3) is 5.64. The van der Waals surface area contributed by atoms with Gasteiger partial charge in [0.25, 0.3) is 0 Å². The van der Waals surface area contributed by atoms with Gasteiger partial charge in [-0.05, 0) is 60.1 Å². The Hall–Kier alpha value is -1.88. The van der Waals surface area contributed by atoms with Gasteiger partial charge in [0.05, 0.1) is 19.8 Å². The quantitative estimate of drug-likeness (QED) is 0.586. The summed E-state index contributed by atoms with van der Waals surface area (Å²) in [5.41, 5.74) is 3.91. The van der Waals surface area contributed by atoms with E-state index in [9.17, 15) is 10.2 Å². The minimum absolute atomic E-state index is 0.0498. The van der Waals surface area contributed by atoms with E-state index in [1.54, 1.807) is 0 Å². The van der Waals surface area contributed by atoms with Gasteiger partial charge < -0.3 is 20.1 Å². The summed E-state index contributed by atoms with van der Waals surface area (Å²) in [4.78, 5) is 0. The number of hydrogen-bond donors (Lipinski definition) is 3. The Balaban J connectivity index is 1.92. The molecule has 24 heavy (non-hydrogen) atoms. The van der Waals surface area contributed by atoms with Crippen LogP contribution in [0.2, 0.25) is 0 Å². The molecule has 2 aromatic rings. The van der Waals surface area contributed by atoms with Gasteiger partial charge in [-0.25, -0.2) is 0 Å². The van der Waals surface area contributed by atoms with Crippen LogP contribution in [0.4, 0.5) is 0 Å². The van der Waals surface area contributed by atoms with Crippen molar-refractivity contribution in [2.24, 2.45) is 0 Å². The maximum absolute atomic E-state index is 9.37. The molecule has 2 aromatic carbocycles. The largest absolute Gasteiger partial charge is 0.494 e. The van der Waals surface area contributed by atoms with Crippen LogP contribution in [-0.2, 0) is 26.1 Å². The maximum atomic E-state index is 9.37. The lowest BCUT2D eigenvalue weighted by atomic mass is 9.99. The molecule has 3 N–H and O–H groups in total. The fourth-order valence-electron chi connectivity index (χ4n) is 2.62. The van der Waals surface area contributed by atoms with Crippen LogP contribution in [0.3, 0.4) is 0 Å². The second-order valence-electron chi connectivity index (χ2n) is 5.85. The Bertz CT molecular complexity index is 625. The number of unbranched alkanes of at least 4 members (excludes halogenated alkanes) is 1. The zero-order valence-corrected chi connectivity index (χ0v) is 13.9. The van der Waals surface area contributed by atoms with Crippen LogP contribution in [0, 0.1) is 0 Å². The van der Waals surface area contributed by atoms with Crippen LogP contribution in [0.1, 0.15) is 35.1 Å². The number of hydrogen-bond acceptors (Lipinski definition) is 4. The molecule has 2 rings (SSSR count). The number of aryl methyl sites for hydroxylation is 2. The van der Waals surface area contributed by atoms with Crippen molar-refractivity contribution in [1.29, 1.82) is 0 Å². The Morgan fingerprint density at radius 2 is 1.50 bits per heavy atom. The highest BCUT2D eigenvalue weighted by Gasteiger charge is 2.04. The summed E-state index contributed by atoms with van der Waals surface area (Å²) in [5.74, 6) is 0.858. The van der Waals surface area contributed by atoms with Crippen LogP contribution in [0.5, 0.6) is 5.75 Å². The standard InChI is InChI=1S/C20H26O4/c21-10-1-2-11-24-20-5-3-4-16(13-20)6-7-17-8-9-18(14-22)19(12-17)15-23/h3-5,8-9,12-13,21-23H,1-2,6-7,10-11,14-15H2. The number of aliphatic hydroxyl groups excluding tert-OH is 3. The van der Waals surface area contributed by atoms with Gasteiger partial charge >= 0.3 is 0 Å². The molecule has 0 atom stereocenters. The summed E-state index contributed by atoms with van der Waals surface area (Å²) >= 11 is 0. The first-order valence-corrected chi connectivity index (χ1v) is 8.42. The first kappa shape index (κ1) is 18.5. The number of benzene rings is 2. The van der Waals surface area contributed by atoms with Gasteiger partial charge in [-0.3, -0.25) is 0 Å². The van der Waals surface area contributed by atoms with E-state index >= 15 is 0 Å². The average molecular weight is 330 g/mol. The monoisotopic (exact) mass is 330 g/mol. The molecule has 0 unspecified atom stereocenters. The molecule has 0 aliphatic carbocycles. The van der Waals surface area contributed by atoms with Crippen molar-refractivity contribution < 1.29 is 20.1 Å². The van der Waals surface area contributed by atoms with Crippen molar-refractivity contribution in [1.82, 2.24) is 0 Å². The third-order valence-corrected chi connectivity index (χ3v) is 4.03. The van der Waals surface area contributed by atoms with E-state index in [1.165, 1.54) is 5.56 Å². The summed E-state index contributed by atoms with van der Waals surface area (Å²) < 4.78 is 5.70. The van der Waals surface area contributed by atoms with E-state index in [-0.39, 0.29) is 19.8 Å². The number of aliphatic hydroxyl groups is 3. The van der Waals surface area contributed by atoms with Crippen LogP contribution in [0.25, 0.3) is 0 Å². The Morgan fingerprint density at radius 3 is 2.21 bits per heavy atom. The summed E-state index contributed by atoms with van der Waals surface area (Å²) in [5, 5.41) is 27.4. The average Bonchev–Trinajstić information content (AvgIpc) is 2.63. The lowest BCUT2D eigenvalue weighted by Crippen LogP contribution is -2.00. The Morgan fingerprint density at radius 1 is 0.750 bits per heavy atom. The van der Waals surface area contributed by atoms with Crippen LogP contribution >= 0.6 is 0 Å². The first-order chi connectivity index (χ1) is 11.8. The molecule has 4 heteroatoms. The highest BCUT2D eigenvalue weighted by molar-refractivity contribution is 5.33. The van der Waals surface area contributed by atoms with E-state index in [0.29, 0.717) is 6.61 Å². The molecular formula is C20H26O4. The van der Waals surface area contributed by atoms with Gasteiger partial charge in [0, 0.05) is 6.61 Å². The SMILES string of the molecule is OCCCCOc1cccc(CCc2ccc(CO)c(CO)c2)c1. The van der Waals surface area contributed by atoms with Gasteiger partial charge in [-0.15, -0.1) is 0 Å². The van der Waals surface area contributed by atoms with E-state index in [1.807, 2.05) is 36.4 Å². The van der Waals surface area contributed by atoms with Crippen molar-refractivity contribution in [2.75, 3.05) is 13.2 Å². The fourth-order valence-corrected chi connectivity index (χ4v) is 2.62. The van der Waals surface area contributed by atoms with E-state index in [2.05, 4.69) is 6.07 Å². The zero-order valence-electron chi connectivity index (χ0n) is 13.9. The van der Waals surface area contributed by atoms with Crippen molar-refractivity contribution in [3.63, 3.8) is 0 Å². The predicted molar refractivity (Wildman–Crippen MR) is 94.0 cm³/mol. The summed E-state index contributed by atoms with van der Waals surface area (Å²) in [7, 11) is 0. The minimum atomic E-state index is -0.0547. The minimum Gasteiger partial charge on any atom is -0.494 e. The van der Waals surface area contributed by atoms with Gasteiger partial charge in [-0.2, -0.15) is 0 Å². The second-order valence-corrected chi connectivity index (χ2v) is 5.85. The summed E-state index contributed by atoms with van der Waals surface area (Å²) in [6, 6.07) is 13.9. The van der Waals surface area contributed by atoms with Crippen LogP contribution < -0.4 is 4.74 Å². The summed E-state index contributed by atoms with van der Waals surface area (Å²) in [6.45, 7) is 0.716. The molecule has 130 valence electrons. The molecule has 0 saturated carbocycles. The molecule has 0 saturated heterocycles. The fraction of sp³-hybridized carbons (Fsp3) is 0.400. The highest BCUT2D eigenvalue weighted by atomic mass is 16.5. The third-order valence-electron chi connectivity index (χ3n) is 4.03. The van der Waals surface area contributed by atoms with Crippen molar-refractivity contribution in [3.8, 4) is 5.75 Å². The number of ether oxygens (including phenoxy) is 1. The normalized spacial score (nSPS) is 10.8. The van der Waals surface area contributed by atoms with Gasteiger partial charge in [-0.1, -0.05) is 30.3 Å². The van der Waals surface area contributed by atoms with Crippen molar-refractivity contribution in [3.05, 3.63) is 64.7 Å². The highest BCUT2D eigenvalue weighted by Crippen LogP contribution is 2.18. The van der Waals surface area contributed by atoms with Crippen molar-refractivity contribution in [2.45, 2.75) is 38.9 Å². The molecule has 0 radical (unpaired) electrons. The molecule has 0 heterocycles. The first-order valence-electron chi connectivity index (χ1n) is 8.42. The molecule has 0 aliphatic rings. The van der Waals surface area contributed by atoms with E-state index in [4.69, 9.17) is 9.84 Å². The van der Waals surface area contributed by atoms with Crippen LogP contribution in [0.15, 0.2) is 42.5 Å². The maximum Gasteiger partial charge on any atom is 0.119 e. The molecular weight excluding hydrogens is 304 g/mol. The topological polar surface area (TPSA) is 69.9 Å². The Labute approximate surface area is 143 Å². The molecule has 0 fully saturated rings. The molecule has 4 nitrogen and oxygen atoms in total. The van der Waals surface area contributed by atoms with E-state index in [0.717, 1.165) is 48.1 Å². The lowest BCUT2D eigenvalue weighted by Gasteiger charge is -2.10. The van der Waals surface area contributed by atoms with Gasteiger partial charge in [0.15, 0.2) is 0 Å². The predicted octanol–water partition coefficient (Wildman–Crippen LogP) is 2.61. The van der Waals surface area contributed by atoms with Gasteiger partial charge in [0.2, 0.25) is 0 Å². The molecule has 0 amide bonds. The zero-order chi connectivity index (χ0) is 17.2. The molecule has 0 spiro atoms. The van der Waals surface area contributed by atoms with Crippen LogP contribution in [-0.4, -0.2) is 28.5 Å². The van der Waals surface area contributed by atoms with Gasteiger partial charge in [0.1, 0.15) is 5.75 Å². The molecule has 0 aliphatic heterocycles. The molecule has 0 bridgehead atoms. The lowest BCUT2D eigenvalue weighted by molar-refractivity contribution is 0.253.